The van der Waals surface area contributed by atoms with Gasteiger partial charge in [0.2, 0.25) is 5.88 Å². The fourth-order valence-corrected chi connectivity index (χ4v) is 2.12. The number of amides is 1. The zero-order chi connectivity index (χ0) is 16.3. The number of carboxylic acid groups (broad SMARTS) is 1. The lowest BCUT2D eigenvalue weighted by atomic mass is 10.2. The van der Waals surface area contributed by atoms with Gasteiger partial charge in [0.25, 0.3) is 0 Å². The number of carbonyl (C=O) groups excluding carboxylic acids is 1. The maximum atomic E-state index is 12.0. The molecule has 0 bridgehead atoms. The maximum absolute atomic E-state index is 12.0. The van der Waals surface area contributed by atoms with E-state index < -0.39 is 17.7 Å². The summed E-state index contributed by atoms with van der Waals surface area (Å²) in [6.07, 6.45) is 1.40. The molecule has 2 heterocycles. The largest absolute Gasteiger partial charge is 0.477 e. The van der Waals surface area contributed by atoms with Crippen molar-refractivity contribution < 1.29 is 24.2 Å². The van der Waals surface area contributed by atoms with Gasteiger partial charge in [-0.05, 0) is 32.9 Å². The van der Waals surface area contributed by atoms with Crippen molar-refractivity contribution in [2.24, 2.45) is 0 Å². The van der Waals surface area contributed by atoms with Gasteiger partial charge in [-0.1, -0.05) is 0 Å². The van der Waals surface area contributed by atoms with Gasteiger partial charge in [0.1, 0.15) is 17.3 Å². The molecule has 0 aliphatic carbocycles. The Hall–Kier alpha value is -2.31. The van der Waals surface area contributed by atoms with Crippen molar-refractivity contribution in [2.75, 3.05) is 13.1 Å². The minimum absolute atomic E-state index is 0.0122. The normalized spacial score (nSPS) is 18.1. The Kier molecular flexibility index (Phi) is 4.54. The SMILES string of the molecule is CC(C)(C)OC(=O)N1CCC(Oc2ncccc2C(=O)O)C1. The van der Waals surface area contributed by atoms with Gasteiger partial charge in [0, 0.05) is 19.2 Å². The molecule has 2 rings (SSSR count). The highest BCUT2D eigenvalue weighted by Crippen LogP contribution is 2.21. The Balaban J connectivity index is 1.97. The van der Waals surface area contributed by atoms with Crippen LogP contribution < -0.4 is 4.74 Å². The Morgan fingerprint density at radius 1 is 1.41 bits per heavy atom. The van der Waals surface area contributed by atoms with Crippen LogP contribution in [0.4, 0.5) is 4.79 Å². The number of nitrogens with zero attached hydrogens (tertiary/aromatic N) is 2. The van der Waals surface area contributed by atoms with Gasteiger partial charge in [0.15, 0.2) is 0 Å². The van der Waals surface area contributed by atoms with Gasteiger partial charge in [-0.15, -0.1) is 0 Å². The number of hydrogen-bond donors (Lipinski definition) is 1. The van der Waals surface area contributed by atoms with E-state index in [0.29, 0.717) is 19.5 Å². The summed E-state index contributed by atoms with van der Waals surface area (Å²) in [6.45, 7) is 6.28. The second kappa shape index (κ2) is 6.21. The lowest BCUT2D eigenvalue weighted by Crippen LogP contribution is -2.36. The van der Waals surface area contributed by atoms with Gasteiger partial charge < -0.3 is 19.5 Å². The zero-order valence-electron chi connectivity index (χ0n) is 12.9. The fourth-order valence-electron chi connectivity index (χ4n) is 2.12. The number of aromatic nitrogens is 1. The van der Waals surface area contributed by atoms with Crippen LogP contribution in [0.5, 0.6) is 5.88 Å². The van der Waals surface area contributed by atoms with Crippen molar-refractivity contribution in [3.8, 4) is 5.88 Å². The number of likely N-dealkylation sites (tertiary alicyclic amines) is 1. The van der Waals surface area contributed by atoms with Crippen molar-refractivity contribution in [3.05, 3.63) is 23.9 Å². The highest BCUT2D eigenvalue weighted by atomic mass is 16.6. The van der Waals surface area contributed by atoms with E-state index in [4.69, 9.17) is 14.6 Å². The van der Waals surface area contributed by atoms with E-state index in [1.807, 2.05) is 20.8 Å². The Morgan fingerprint density at radius 2 is 2.14 bits per heavy atom. The fraction of sp³-hybridized carbons (Fsp3) is 0.533. The van der Waals surface area contributed by atoms with Crippen LogP contribution in [-0.2, 0) is 4.74 Å². The van der Waals surface area contributed by atoms with Crippen LogP contribution in [0.2, 0.25) is 0 Å². The summed E-state index contributed by atoms with van der Waals surface area (Å²) in [4.78, 5) is 28.6. The van der Waals surface area contributed by atoms with E-state index >= 15 is 0 Å². The highest BCUT2D eigenvalue weighted by Gasteiger charge is 2.31. The molecular weight excluding hydrogens is 288 g/mol. The van der Waals surface area contributed by atoms with Crippen molar-refractivity contribution in [3.63, 3.8) is 0 Å². The summed E-state index contributed by atoms with van der Waals surface area (Å²) in [5.74, 6) is -1.02. The van der Waals surface area contributed by atoms with Crippen molar-refractivity contribution in [1.29, 1.82) is 0 Å². The first-order valence-corrected chi connectivity index (χ1v) is 7.09. The number of carboxylic acids is 1. The molecule has 22 heavy (non-hydrogen) atoms. The standard InChI is InChI=1S/C15H20N2O5/c1-15(2,3)22-14(20)17-8-6-10(9-17)21-12-11(13(18)19)5-4-7-16-12/h4-5,7,10H,6,8-9H2,1-3H3,(H,18,19). The first-order chi connectivity index (χ1) is 10.3. The van der Waals surface area contributed by atoms with Crippen LogP contribution in [0, 0.1) is 0 Å². The molecule has 1 saturated heterocycles. The molecule has 1 fully saturated rings. The zero-order valence-corrected chi connectivity index (χ0v) is 12.9. The third-order valence-electron chi connectivity index (χ3n) is 3.08. The van der Waals surface area contributed by atoms with Crippen molar-refractivity contribution in [2.45, 2.75) is 38.9 Å². The summed E-state index contributed by atoms with van der Waals surface area (Å²) in [5, 5.41) is 9.10. The minimum atomic E-state index is -1.09. The summed E-state index contributed by atoms with van der Waals surface area (Å²) < 4.78 is 10.9. The number of aromatic carboxylic acids is 1. The number of carbonyl (C=O) groups is 2. The second-order valence-corrected chi connectivity index (χ2v) is 6.12. The van der Waals surface area contributed by atoms with E-state index in [1.54, 1.807) is 4.90 Å². The molecule has 1 aliphatic heterocycles. The summed E-state index contributed by atoms with van der Waals surface area (Å²) >= 11 is 0. The highest BCUT2D eigenvalue weighted by molar-refractivity contribution is 5.90. The molecule has 120 valence electrons. The molecule has 1 unspecified atom stereocenters. The molecule has 7 nitrogen and oxygen atoms in total. The number of hydrogen-bond acceptors (Lipinski definition) is 5. The summed E-state index contributed by atoms with van der Waals surface area (Å²) in [6, 6.07) is 2.98. The van der Waals surface area contributed by atoms with Gasteiger partial charge in [-0.25, -0.2) is 14.6 Å². The Labute approximate surface area is 128 Å². The number of pyridine rings is 1. The summed E-state index contributed by atoms with van der Waals surface area (Å²) in [5.41, 5.74) is -0.536. The van der Waals surface area contributed by atoms with E-state index in [1.165, 1.54) is 18.3 Å². The van der Waals surface area contributed by atoms with Gasteiger partial charge in [-0.2, -0.15) is 0 Å². The third kappa shape index (κ3) is 4.09. The topological polar surface area (TPSA) is 89.0 Å². The molecule has 1 aromatic heterocycles. The van der Waals surface area contributed by atoms with Gasteiger partial charge in [0.05, 0.1) is 6.54 Å². The molecule has 1 aliphatic rings. The monoisotopic (exact) mass is 308 g/mol. The van der Waals surface area contributed by atoms with Gasteiger partial charge in [-0.3, -0.25) is 0 Å². The van der Waals surface area contributed by atoms with Crippen molar-refractivity contribution in [1.82, 2.24) is 9.88 Å². The molecule has 1 aromatic rings. The van der Waals surface area contributed by atoms with Crippen LogP contribution in [0.15, 0.2) is 18.3 Å². The third-order valence-corrected chi connectivity index (χ3v) is 3.08. The number of rotatable bonds is 3. The van der Waals surface area contributed by atoms with E-state index in [0.717, 1.165) is 0 Å². The summed E-state index contributed by atoms with van der Waals surface area (Å²) in [7, 11) is 0. The van der Waals surface area contributed by atoms with Crippen LogP contribution >= 0.6 is 0 Å². The first-order valence-electron chi connectivity index (χ1n) is 7.09. The first kappa shape index (κ1) is 16.1. The lowest BCUT2D eigenvalue weighted by molar-refractivity contribution is 0.0273. The maximum Gasteiger partial charge on any atom is 0.410 e. The predicted octanol–water partition coefficient (Wildman–Crippen LogP) is 2.17. The average molecular weight is 308 g/mol. The second-order valence-electron chi connectivity index (χ2n) is 6.12. The molecule has 1 amide bonds. The van der Waals surface area contributed by atoms with E-state index in [-0.39, 0.29) is 17.5 Å². The number of ether oxygens (including phenoxy) is 2. The van der Waals surface area contributed by atoms with Crippen LogP contribution in [0.3, 0.4) is 0 Å². The Morgan fingerprint density at radius 3 is 2.77 bits per heavy atom. The van der Waals surface area contributed by atoms with Gasteiger partial charge >= 0.3 is 12.1 Å². The molecule has 0 saturated carbocycles. The molecule has 0 radical (unpaired) electrons. The minimum Gasteiger partial charge on any atom is -0.477 e. The van der Waals surface area contributed by atoms with E-state index in [2.05, 4.69) is 4.98 Å². The van der Waals surface area contributed by atoms with Crippen LogP contribution in [0.1, 0.15) is 37.6 Å². The van der Waals surface area contributed by atoms with Crippen molar-refractivity contribution >= 4 is 12.1 Å². The smallest absolute Gasteiger partial charge is 0.410 e. The molecule has 0 spiro atoms. The lowest BCUT2D eigenvalue weighted by Gasteiger charge is -2.24. The average Bonchev–Trinajstić information content (AvgIpc) is 2.86. The Bertz CT molecular complexity index is 567. The molecule has 1 atom stereocenters. The van der Waals surface area contributed by atoms with Crippen LogP contribution in [-0.4, -0.2) is 51.8 Å². The van der Waals surface area contributed by atoms with E-state index in [9.17, 15) is 9.59 Å². The quantitative estimate of drug-likeness (QED) is 0.920. The predicted molar refractivity (Wildman–Crippen MR) is 78.0 cm³/mol. The molecule has 0 aromatic carbocycles. The van der Waals surface area contributed by atoms with Crippen LogP contribution in [0.25, 0.3) is 0 Å². The molecular formula is C15H20N2O5. The molecule has 7 heteroatoms. The molecule has 1 N–H and O–H groups in total.